The Morgan fingerprint density at radius 2 is 1.70 bits per heavy atom. The van der Waals surface area contributed by atoms with E-state index < -0.39 is 0 Å². The minimum atomic E-state index is -0.145. The standard InChI is InChI=1S/C18H28FN/c1-4-20-18(12-15-5-7-17(19)8-6-15)16-10-13(2)9-14(3)11-16/h5-8,13-14,16,18,20H,4,9-12H2,1-3H3. The molecule has 1 saturated carbocycles. The van der Waals surface area contributed by atoms with Crippen LogP contribution in [0.1, 0.15) is 45.6 Å². The summed E-state index contributed by atoms with van der Waals surface area (Å²) < 4.78 is 13.0. The fraction of sp³-hybridized carbons (Fsp3) is 0.667. The quantitative estimate of drug-likeness (QED) is 0.840. The zero-order valence-corrected chi connectivity index (χ0v) is 13.0. The summed E-state index contributed by atoms with van der Waals surface area (Å²) in [4.78, 5) is 0. The number of likely N-dealkylation sites (N-methyl/N-ethyl adjacent to an activating group) is 1. The molecule has 2 heteroatoms. The minimum absolute atomic E-state index is 0.145. The van der Waals surface area contributed by atoms with Crippen LogP contribution in [0.15, 0.2) is 24.3 Å². The van der Waals surface area contributed by atoms with Gasteiger partial charge in [-0.25, -0.2) is 4.39 Å². The molecule has 3 unspecified atom stereocenters. The zero-order valence-electron chi connectivity index (χ0n) is 13.0. The van der Waals surface area contributed by atoms with Crippen molar-refractivity contribution in [3.63, 3.8) is 0 Å². The molecule has 0 spiro atoms. The summed E-state index contributed by atoms with van der Waals surface area (Å²) in [5, 5.41) is 3.66. The van der Waals surface area contributed by atoms with Crippen molar-refractivity contribution < 1.29 is 4.39 Å². The van der Waals surface area contributed by atoms with Crippen LogP contribution in [0.4, 0.5) is 4.39 Å². The van der Waals surface area contributed by atoms with Gasteiger partial charge in [0.25, 0.3) is 0 Å². The average Bonchev–Trinajstić information content (AvgIpc) is 2.39. The number of benzene rings is 1. The van der Waals surface area contributed by atoms with E-state index in [2.05, 4.69) is 26.1 Å². The molecule has 0 radical (unpaired) electrons. The first kappa shape index (κ1) is 15.5. The molecule has 0 amide bonds. The molecule has 112 valence electrons. The Morgan fingerprint density at radius 1 is 1.10 bits per heavy atom. The number of hydrogen-bond donors (Lipinski definition) is 1. The molecule has 2 rings (SSSR count). The Labute approximate surface area is 123 Å². The fourth-order valence-corrected chi connectivity index (χ4v) is 3.88. The number of rotatable bonds is 5. The van der Waals surface area contributed by atoms with Crippen LogP contribution in [0.3, 0.4) is 0 Å². The maximum absolute atomic E-state index is 13.0. The van der Waals surface area contributed by atoms with Crippen molar-refractivity contribution in [2.75, 3.05) is 6.54 Å². The van der Waals surface area contributed by atoms with Crippen LogP contribution in [0.25, 0.3) is 0 Å². The average molecular weight is 277 g/mol. The fourth-order valence-electron chi connectivity index (χ4n) is 3.88. The van der Waals surface area contributed by atoms with Crippen LogP contribution in [0, 0.1) is 23.6 Å². The maximum atomic E-state index is 13.0. The van der Waals surface area contributed by atoms with E-state index in [9.17, 15) is 4.39 Å². The Balaban J connectivity index is 2.04. The highest BCUT2D eigenvalue weighted by atomic mass is 19.1. The lowest BCUT2D eigenvalue weighted by molar-refractivity contribution is 0.176. The van der Waals surface area contributed by atoms with Crippen molar-refractivity contribution in [2.24, 2.45) is 17.8 Å². The van der Waals surface area contributed by atoms with E-state index >= 15 is 0 Å². The third-order valence-electron chi connectivity index (χ3n) is 4.62. The zero-order chi connectivity index (χ0) is 14.5. The summed E-state index contributed by atoms with van der Waals surface area (Å²) in [5.74, 6) is 2.27. The summed E-state index contributed by atoms with van der Waals surface area (Å²) in [5.41, 5.74) is 1.24. The molecule has 1 aliphatic carbocycles. The molecule has 1 aliphatic rings. The predicted molar refractivity (Wildman–Crippen MR) is 83.2 cm³/mol. The first-order valence-electron chi connectivity index (χ1n) is 8.06. The maximum Gasteiger partial charge on any atom is 0.123 e. The van der Waals surface area contributed by atoms with Gasteiger partial charge in [0.05, 0.1) is 0 Å². The second-order valence-corrected chi connectivity index (χ2v) is 6.67. The highest BCUT2D eigenvalue weighted by Gasteiger charge is 2.29. The van der Waals surface area contributed by atoms with Crippen LogP contribution in [0.2, 0.25) is 0 Å². The molecule has 1 N–H and O–H groups in total. The lowest BCUT2D eigenvalue weighted by Crippen LogP contribution is -2.41. The molecular formula is C18H28FN. The normalized spacial score (nSPS) is 28.3. The molecule has 0 aliphatic heterocycles. The summed E-state index contributed by atoms with van der Waals surface area (Å²) >= 11 is 0. The molecule has 1 nitrogen and oxygen atoms in total. The van der Waals surface area contributed by atoms with Gasteiger partial charge in [-0.3, -0.25) is 0 Å². The van der Waals surface area contributed by atoms with Crippen molar-refractivity contribution in [3.8, 4) is 0 Å². The lowest BCUT2D eigenvalue weighted by atomic mass is 9.72. The molecule has 0 bridgehead atoms. The number of nitrogens with one attached hydrogen (secondary N) is 1. The summed E-state index contributed by atoms with van der Waals surface area (Å²) in [7, 11) is 0. The minimum Gasteiger partial charge on any atom is -0.314 e. The summed E-state index contributed by atoms with van der Waals surface area (Å²) in [6.07, 6.45) is 5.02. The summed E-state index contributed by atoms with van der Waals surface area (Å²) in [6, 6.07) is 7.52. The van der Waals surface area contributed by atoms with Gasteiger partial charge < -0.3 is 5.32 Å². The molecule has 1 aromatic rings. The van der Waals surface area contributed by atoms with E-state index in [4.69, 9.17) is 0 Å². The van der Waals surface area contributed by atoms with Gasteiger partial charge >= 0.3 is 0 Å². The molecular weight excluding hydrogens is 249 g/mol. The van der Waals surface area contributed by atoms with Crippen molar-refractivity contribution >= 4 is 0 Å². The van der Waals surface area contributed by atoms with Crippen LogP contribution in [0.5, 0.6) is 0 Å². The molecule has 1 aromatic carbocycles. The molecule has 1 fully saturated rings. The topological polar surface area (TPSA) is 12.0 Å². The largest absolute Gasteiger partial charge is 0.314 e. The Bertz CT molecular complexity index is 390. The van der Waals surface area contributed by atoms with Crippen molar-refractivity contribution in [2.45, 2.75) is 52.5 Å². The highest BCUT2D eigenvalue weighted by molar-refractivity contribution is 5.17. The first-order valence-corrected chi connectivity index (χ1v) is 8.06. The van der Waals surface area contributed by atoms with Gasteiger partial charge in [0.2, 0.25) is 0 Å². The molecule has 0 heterocycles. The van der Waals surface area contributed by atoms with Crippen molar-refractivity contribution in [3.05, 3.63) is 35.6 Å². The van der Waals surface area contributed by atoms with Gasteiger partial charge in [0, 0.05) is 6.04 Å². The third kappa shape index (κ3) is 4.31. The second kappa shape index (κ2) is 7.21. The van der Waals surface area contributed by atoms with E-state index in [1.54, 1.807) is 12.1 Å². The van der Waals surface area contributed by atoms with E-state index in [0.29, 0.717) is 6.04 Å². The Morgan fingerprint density at radius 3 is 2.25 bits per heavy atom. The number of halogens is 1. The Hall–Kier alpha value is -0.890. The van der Waals surface area contributed by atoms with Crippen LogP contribution in [-0.2, 0) is 6.42 Å². The SMILES string of the molecule is CCNC(Cc1ccc(F)cc1)C1CC(C)CC(C)C1. The Kier molecular flexibility index (Phi) is 5.59. The number of hydrogen-bond acceptors (Lipinski definition) is 1. The van der Waals surface area contributed by atoms with Crippen LogP contribution >= 0.6 is 0 Å². The first-order chi connectivity index (χ1) is 9.58. The van der Waals surface area contributed by atoms with E-state index in [-0.39, 0.29) is 5.82 Å². The van der Waals surface area contributed by atoms with Gasteiger partial charge in [-0.2, -0.15) is 0 Å². The van der Waals surface area contributed by atoms with E-state index in [0.717, 1.165) is 30.7 Å². The van der Waals surface area contributed by atoms with Crippen molar-refractivity contribution in [1.29, 1.82) is 0 Å². The second-order valence-electron chi connectivity index (χ2n) is 6.67. The van der Waals surface area contributed by atoms with Gasteiger partial charge in [0.1, 0.15) is 5.82 Å². The van der Waals surface area contributed by atoms with E-state index in [1.165, 1.54) is 24.8 Å². The van der Waals surface area contributed by atoms with Gasteiger partial charge in [-0.05, 0) is 67.7 Å². The lowest BCUT2D eigenvalue weighted by Gasteiger charge is -2.37. The highest BCUT2D eigenvalue weighted by Crippen LogP contribution is 2.35. The molecule has 20 heavy (non-hydrogen) atoms. The van der Waals surface area contributed by atoms with Gasteiger partial charge in [0.15, 0.2) is 0 Å². The third-order valence-corrected chi connectivity index (χ3v) is 4.62. The molecule has 0 saturated heterocycles. The smallest absolute Gasteiger partial charge is 0.123 e. The monoisotopic (exact) mass is 277 g/mol. The van der Waals surface area contributed by atoms with Crippen molar-refractivity contribution in [1.82, 2.24) is 5.32 Å². The summed E-state index contributed by atoms with van der Waals surface area (Å²) in [6.45, 7) is 7.94. The molecule has 3 atom stereocenters. The van der Waals surface area contributed by atoms with Gasteiger partial charge in [-0.1, -0.05) is 32.9 Å². The predicted octanol–water partition coefficient (Wildman–Crippen LogP) is 4.42. The van der Waals surface area contributed by atoms with E-state index in [1.807, 2.05) is 12.1 Å². The van der Waals surface area contributed by atoms with Crippen LogP contribution < -0.4 is 5.32 Å². The van der Waals surface area contributed by atoms with Crippen LogP contribution in [-0.4, -0.2) is 12.6 Å². The van der Waals surface area contributed by atoms with Gasteiger partial charge in [-0.15, -0.1) is 0 Å². The molecule has 0 aromatic heterocycles.